The second-order valence-electron chi connectivity index (χ2n) is 11.3. The zero-order chi connectivity index (χ0) is 31.0. The lowest BCUT2D eigenvalue weighted by atomic mass is 9.85. The van der Waals surface area contributed by atoms with Crippen LogP contribution in [0.1, 0.15) is 70.9 Å². The van der Waals surface area contributed by atoms with Gasteiger partial charge in [0.15, 0.2) is 0 Å². The van der Waals surface area contributed by atoms with Crippen molar-refractivity contribution in [2.24, 2.45) is 0 Å². The van der Waals surface area contributed by atoms with Crippen LogP contribution in [0.5, 0.6) is 11.5 Å². The Morgan fingerprint density at radius 3 is 1.85 bits per heavy atom. The van der Waals surface area contributed by atoms with E-state index in [9.17, 15) is 25.3 Å². The molecule has 224 valence electrons. The van der Waals surface area contributed by atoms with E-state index >= 15 is 0 Å². The minimum absolute atomic E-state index is 0.0595. The van der Waals surface area contributed by atoms with Gasteiger partial charge in [-0.05, 0) is 61.5 Å². The number of ether oxygens (including phenoxy) is 4. The van der Waals surface area contributed by atoms with E-state index in [1.807, 2.05) is 32.9 Å². The van der Waals surface area contributed by atoms with Gasteiger partial charge in [-0.25, -0.2) is 0 Å². The summed E-state index contributed by atoms with van der Waals surface area (Å²) in [6.07, 6.45) is 3.33. The number of hydrogen-bond donors (Lipinski definition) is 1. The van der Waals surface area contributed by atoms with Crippen LogP contribution in [0.4, 0.5) is 11.4 Å². The molecule has 2 heterocycles. The van der Waals surface area contributed by atoms with E-state index in [2.05, 4.69) is 0 Å². The Bertz CT molecular complexity index is 1420. The lowest BCUT2D eigenvalue weighted by molar-refractivity contribution is -0.386. The molecule has 2 aliphatic rings. The maximum absolute atomic E-state index is 11.3. The molecule has 0 saturated carbocycles. The Morgan fingerprint density at radius 1 is 0.829 bits per heavy atom. The largest absolute Gasteiger partial charge is 0.484 e. The molecular formula is C30H40N2O9. The number of rotatable bonds is 6. The Balaban J connectivity index is 0.000000226. The summed E-state index contributed by atoms with van der Waals surface area (Å²) in [5.74, 6) is 1.27. The molecular weight excluding hydrogens is 532 g/mol. The van der Waals surface area contributed by atoms with E-state index in [4.69, 9.17) is 18.9 Å². The number of nitrogens with zero attached hydrogens (tertiary/aromatic N) is 2. The van der Waals surface area contributed by atoms with Crippen LogP contribution < -0.4 is 9.47 Å². The molecule has 0 fully saturated rings. The highest BCUT2D eigenvalue weighted by molar-refractivity contribution is 5.73. The van der Waals surface area contributed by atoms with Crippen LogP contribution in [0.2, 0.25) is 0 Å². The fraction of sp³-hybridized carbons (Fsp3) is 0.533. The van der Waals surface area contributed by atoms with E-state index in [1.54, 1.807) is 48.8 Å². The van der Waals surface area contributed by atoms with Gasteiger partial charge in [0.2, 0.25) is 0 Å². The summed E-state index contributed by atoms with van der Waals surface area (Å²) in [5.41, 5.74) is 4.22. The highest BCUT2D eigenvalue weighted by Crippen LogP contribution is 2.48. The molecule has 0 aromatic heterocycles. The molecule has 4 rings (SSSR count). The van der Waals surface area contributed by atoms with Crippen molar-refractivity contribution in [3.05, 3.63) is 70.8 Å². The minimum Gasteiger partial charge on any atom is -0.484 e. The van der Waals surface area contributed by atoms with E-state index in [-0.39, 0.29) is 16.3 Å². The average molecular weight is 573 g/mol. The van der Waals surface area contributed by atoms with Crippen LogP contribution in [0.25, 0.3) is 6.08 Å². The van der Waals surface area contributed by atoms with Crippen LogP contribution >= 0.6 is 0 Å². The van der Waals surface area contributed by atoms with E-state index in [0.717, 1.165) is 11.1 Å². The molecule has 0 saturated heterocycles. The summed E-state index contributed by atoms with van der Waals surface area (Å²) in [4.78, 5) is 21.8. The van der Waals surface area contributed by atoms with Crippen LogP contribution in [0.3, 0.4) is 0 Å². The van der Waals surface area contributed by atoms with Gasteiger partial charge < -0.3 is 24.1 Å². The first-order valence-electron chi connectivity index (χ1n) is 13.3. The summed E-state index contributed by atoms with van der Waals surface area (Å²) in [6.45, 7) is 15.1. The Kier molecular flexibility index (Phi) is 9.17. The van der Waals surface area contributed by atoms with Crippen molar-refractivity contribution in [1.29, 1.82) is 0 Å². The molecule has 3 atom stereocenters. The van der Waals surface area contributed by atoms with Crippen molar-refractivity contribution in [3.8, 4) is 11.5 Å². The number of hydrogen-bond acceptors (Lipinski definition) is 9. The number of methoxy groups -OCH3 is 2. The van der Waals surface area contributed by atoms with Crippen molar-refractivity contribution in [2.75, 3.05) is 27.4 Å². The lowest BCUT2D eigenvalue weighted by Crippen LogP contribution is -2.42. The van der Waals surface area contributed by atoms with E-state index in [1.165, 1.54) is 0 Å². The monoisotopic (exact) mass is 572 g/mol. The zero-order valence-corrected chi connectivity index (χ0v) is 25.5. The number of aliphatic hydroxyl groups is 1. The predicted molar refractivity (Wildman–Crippen MR) is 155 cm³/mol. The van der Waals surface area contributed by atoms with Crippen molar-refractivity contribution in [3.63, 3.8) is 0 Å². The summed E-state index contributed by atoms with van der Waals surface area (Å²) < 4.78 is 22.4. The Labute approximate surface area is 240 Å². The number of nitro benzene ring substituents is 2. The molecule has 0 spiro atoms. The van der Waals surface area contributed by atoms with Crippen LogP contribution in [-0.2, 0) is 9.47 Å². The SMILES string of the molecule is COCC1(C)C=Cc2c(C)c([N+](=O)[O-])c(C)c(C)c2O1.COCC1(C)CC(O)c2c(C)c([N+](=O)[O-])c(C)c(C)c2O1. The maximum atomic E-state index is 11.3. The standard InChI is InChI=1S/C15H21NO5.C15H19NO4/c1-8-9(2)14-12(10(3)13(8)16(18)19)11(17)6-15(4,21-14)7-20-5;1-9-10(2)14-12(11(3)13(9)16(17)18)6-7-15(4,20-14)8-19-5/h11,17H,6-7H2,1-5H3;6-7H,8H2,1-5H3. The molecule has 0 amide bonds. The fourth-order valence-electron chi connectivity index (χ4n) is 5.75. The molecule has 11 heteroatoms. The number of nitro groups is 2. The van der Waals surface area contributed by atoms with Gasteiger partial charge in [-0.15, -0.1) is 0 Å². The second-order valence-corrected chi connectivity index (χ2v) is 11.3. The molecule has 41 heavy (non-hydrogen) atoms. The van der Waals surface area contributed by atoms with Gasteiger partial charge >= 0.3 is 0 Å². The van der Waals surface area contributed by atoms with E-state index in [0.29, 0.717) is 64.5 Å². The van der Waals surface area contributed by atoms with Gasteiger partial charge in [-0.1, -0.05) is 6.08 Å². The quantitative estimate of drug-likeness (QED) is 0.322. The van der Waals surface area contributed by atoms with Gasteiger partial charge in [0.1, 0.15) is 22.7 Å². The third-order valence-electron chi connectivity index (χ3n) is 8.01. The van der Waals surface area contributed by atoms with Gasteiger partial charge in [-0.2, -0.15) is 0 Å². The van der Waals surface area contributed by atoms with Crippen molar-refractivity contribution < 1.29 is 33.9 Å². The molecule has 2 aliphatic heterocycles. The Morgan fingerprint density at radius 2 is 1.34 bits per heavy atom. The predicted octanol–water partition coefficient (Wildman–Crippen LogP) is 6.07. The molecule has 1 N–H and O–H groups in total. The topological polar surface area (TPSA) is 143 Å². The normalized spacial score (nSPS) is 22.5. The van der Waals surface area contributed by atoms with Gasteiger partial charge in [0.05, 0.1) is 29.2 Å². The zero-order valence-electron chi connectivity index (χ0n) is 25.5. The maximum Gasteiger partial charge on any atom is 0.276 e. The van der Waals surface area contributed by atoms with Crippen molar-refractivity contribution in [2.45, 2.75) is 79.1 Å². The van der Waals surface area contributed by atoms with Crippen LogP contribution in [0.15, 0.2) is 6.08 Å². The highest BCUT2D eigenvalue weighted by atomic mass is 16.6. The summed E-state index contributed by atoms with van der Waals surface area (Å²) >= 11 is 0. The molecule has 0 radical (unpaired) electrons. The smallest absolute Gasteiger partial charge is 0.276 e. The number of fused-ring (bicyclic) bond motifs is 2. The van der Waals surface area contributed by atoms with Crippen LogP contribution in [-0.4, -0.2) is 53.6 Å². The Hall–Kier alpha value is -3.54. The lowest BCUT2D eigenvalue weighted by Gasteiger charge is -2.39. The van der Waals surface area contributed by atoms with Crippen LogP contribution in [0, 0.1) is 61.8 Å². The summed E-state index contributed by atoms with van der Waals surface area (Å²) in [6, 6.07) is 0. The summed E-state index contributed by atoms with van der Waals surface area (Å²) in [7, 11) is 3.20. The average Bonchev–Trinajstić information content (AvgIpc) is 2.85. The highest BCUT2D eigenvalue weighted by Gasteiger charge is 2.41. The minimum atomic E-state index is -0.799. The second kappa shape index (κ2) is 11.8. The molecule has 2 aromatic rings. The molecule has 0 aliphatic carbocycles. The number of aliphatic hydroxyl groups excluding tert-OH is 1. The third-order valence-corrected chi connectivity index (χ3v) is 8.01. The van der Waals surface area contributed by atoms with Crippen molar-refractivity contribution in [1.82, 2.24) is 0 Å². The molecule has 2 aromatic carbocycles. The van der Waals surface area contributed by atoms with Crippen molar-refractivity contribution >= 4 is 17.5 Å². The first-order chi connectivity index (χ1) is 19.0. The molecule has 11 nitrogen and oxygen atoms in total. The third kappa shape index (κ3) is 5.93. The number of benzene rings is 2. The molecule has 0 bridgehead atoms. The first-order valence-corrected chi connectivity index (χ1v) is 13.3. The van der Waals surface area contributed by atoms with Gasteiger partial charge in [0.25, 0.3) is 11.4 Å². The summed E-state index contributed by atoms with van der Waals surface area (Å²) in [5, 5.41) is 33.0. The molecule has 3 unspecified atom stereocenters. The van der Waals surface area contributed by atoms with Gasteiger partial charge in [-0.3, -0.25) is 20.2 Å². The first kappa shape index (κ1) is 32.0. The van der Waals surface area contributed by atoms with E-state index < -0.39 is 22.2 Å². The van der Waals surface area contributed by atoms with Gasteiger partial charge in [0, 0.05) is 65.1 Å². The fourth-order valence-corrected chi connectivity index (χ4v) is 5.75.